The van der Waals surface area contributed by atoms with Crippen molar-refractivity contribution in [1.29, 1.82) is 0 Å². The smallest absolute Gasteiger partial charge is 0.119 e. The molecular formula is C25H22NSi. The lowest BCUT2D eigenvalue weighted by molar-refractivity contribution is 0.667. The molecule has 0 unspecified atom stereocenters. The Bertz CT molecular complexity index is 1190. The maximum Gasteiger partial charge on any atom is 0.119 e. The number of fused-ring (bicyclic) bond motifs is 6. The molecule has 0 amide bonds. The van der Waals surface area contributed by atoms with E-state index in [1.165, 1.54) is 53.4 Å². The van der Waals surface area contributed by atoms with E-state index in [1.54, 1.807) is 21.6 Å². The maximum atomic E-state index is 2.56. The van der Waals surface area contributed by atoms with Gasteiger partial charge in [0.15, 0.2) is 0 Å². The summed E-state index contributed by atoms with van der Waals surface area (Å²) in [6.45, 7) is 2.46. The molecule has 1 nitrogen and oxygen atoms in total. The van der Waals surface area contributed by atoms with Gasteiger partial charge in [0.05, 0.1) is 5.52 Å². The van der Waals surface area contributed by atoms with E-state index in [1.807, 2.05) is 0 Å². The molecule has 6 rings (SSSR count). The Morgan fingerprint density at radius 2 is 1.56 bits per heavy atom. The molecule has 131 valence electrons. The lowest BCUT2D eigenvalue weighted by Crippen LogP contribution is -2.34. The summed E-state index contributed by atoms with van der Waals surface area (Å²) in [5.74, 6) is 0. The molecule has 1 aromatic heterocycles. The van der Waals surface area contributed by atoms with E-state index in [9.17, 15) is 0 Å². The lowest BCUT2D eigenvalue weighted by Gasteiger charge is -2.16. The van der Waals surface area contributed by atoms with Gasteiger partial charge in [-0.3, -0.25) is 0 Å². The second-order valence-corrected chi connectivity index (χ2v) is 10.2. The SMILES string of the molecule is C[Si]1c2ccccc2-c2cc3c4c(n(-c5ccccc5)c3cc21)CCCC4. The van der Waals surface area contributed by atoms with Gasteiger partial charge in [0.1, 0.15) is 8.80 Å². The number of benzene rings is 3. The lowest BCUT2D eigenvalue weighted by atomic mass is 9.94. The molecule has 0 fully saturated rings. The third-order valence-corrected chi connectivity index (χ3v) is 8.92. The van der Waals surface area contributed by atoms with Crippen molar-refractivity contribution in [1.82, 2.24) is 4.57 Å². The van der Waals surface area contributed by atoms with Crippen molar-refractivity contribution < 1.29 is 0 Å². The number of rotatable bonds is 1. The summed E-state index contributed by atoms with van der Waals surface area (Å²) < 4.78 is 2.56. The van der Waals surface area contributed by atoms with Crippen molar-refractivity contribution in [2.45, 2.75) is 32.2 Å². The Labute approximate surface area is 161 Å². The van der Waals surface area contributed by atoms with Crippen LogP contribution in [0.4, 0.5) is 0 Å². The Kier molecular flexibility index (Phi) is 3.27. The molecule has 0 saturated heterocycles. The van der Waals surface area contributed by atoms with Gasteiger partial charge in [-0.05, 0) is 77.0 Å². The average Bonchev–Trinajstić information content (AvgIpc) is 3.20. The minimum atomic E-state index is -0.673. The standard InChI is InChI=1S/C25H22NSi/c1-27-24-14-8-6-12-19(24)21-15-20-18-11-5-7-13-22(18)26(23(20)16-25(21)27)17-9-3-2-4-10-17/h2-4,6,8-10,12,14-16H,5,7,11,13H2,1H3. The number of hydrogen-bond acceptors (Lipinski definition) is 0. The molecule has 2 heteroatoms. The van der Waals surface area contributed by atoms with E-state index in [-0.39, 0.29) is 0 Å². The van der Waals surface area contributed by atoms with Crippen LogP contribution in [-0.4, -0.2) is 13.4 Å². The highest BCUT2D eigenvalue weighted by atomic mass is 28.3. The number of hydrogen-bond donors (Lipinski definition) is 0. The molecule has 0 saturated carbocycles. The number of aryl methyl sites for hydroxylation is 1. The fourth-order valence-corrected chi connectivity index (χ4v) is 7.40. The molecule has 4 aromatic rings. The first kappa shape index (κ1) is 15.5. The summed E-state index contributed by atoms with van der Waals surface area (Å²) in [6, 6.07) is 25.1. The molecule has 0 bridgehead atoms. The van der Waals surface area contributed by atoms with Crippen molar-refractivity contribution in [2.75, 3.05) is 0 Å². The van der Waals surface area contributed by atoms with Crippen LogP contribution in [0.1, 0.15) is 24.1 Å². The first-order valence-corrected chi connectivity index (χ1v) is 12.0. The summed E-state index contributed by atoms with van der Waals surface area (Å²) in [5, 5.41) is 4.64. The second-order valence-electron chi connectivity index (χ2n) is 7.89. The topological polar surface area (TPSA) is 4.93 Å². The number of aromatic nitrogens is 1. The zero-order valence-corrected chi connectivity index (χ0v) is 16.6. The normalized spacial score (nSPS) is 15.6. The summed E-state index contributed by atoms with van der Waals surface area (Å²) >= 11 is 0. The fourth-order valence-electron chi connectivity index (χ4n) is 5.18. The van der Waals surface area contributed by atoms with Gasteiger partial charge < -0.3 is 4.57 Å². The zero-order valence-electron chi connectivity index (χ0n) is 15.6. The van der Waals surface area contributed by atoms with Gasteiger partial charge >= 0.3 is 0 Å². The largest absolute Gasteiger partial charge is 0.313 e. The van der Waals surface area contributed by atoms with Crippen LogP contribution in [0.3, 0.4) is 0 Å². The monoisotopic (exact) mass is 364 g/mol. The van der Waals surface area contributed by atoms with Gasteiger partial charge in [0.2, 0.25) is 0 Å². The fraction of sp³-hybridized carbons (Fsp3) is 0.200. The predicted molar refractivity (Wildman–Crippen MR) is 116 cm³/mol. The van der Waals surface area contributed by atoms with Gasteiger partial charge in [-0.2, -0.15) is 0 Å². The highest BCUT2D eigenvalue weighted by Crippen LogP contribution is 2.37. The van der Waals surface area contributed by atoms with Crippen LogP contribution in [0.25, 0.3) is 27.7 Å². The molecule has 1 aliphatic carbocycles. The molecule has 0 spiro atoms. The highest BCUT2D eigenvalue weighted by molar-refractivity contribution is 6.88. The Morgan fingerprint density at radius 1 is 0.778 bits per heavy atom. The van der Waals surface area contributed by atoms with E-state index in [0.717, 1.165) is 0 Å². The van der Waals surface area contributed by atoms with Crippen LogP contribution >= 0.6 is 0 Å². The first-order valence-electron chi connectivity index (χ1n) is 10.0. The van der Waals surface area contributed by atoms with Crippen LogP contribution in [0, 0.1) is 0 Å². The van der Waals surface area contributed by atoms with Crippen LogP contribution in [-0.2, 0) is 12.8 Å². The van der Waals surface area contributed by atoms with Gasteiger partial charge in [-0.1, -0.05) is 49.0 Å². The summed E-state index contributed by atoms with van der Waals surface area (Å²) in [4.78, 5) is 0. The van der Waals surface area contributed by atoms with E-state index in [0.29, 0.717) is 0 Å². The quantitative estimate of drug-likeness (QED) is 0.430. The zero-order chi connectivity index (χ0) is 18.0. The van der Waals surface area contributed by atoms with Gasteiger partial charge in [-0.25, -0.2) is 0 Å². The number of para-hydroxylation sites is 1. The van der Waals surface area contributed by atoms with Gasteiger partial charge in [-0.15, -0.1) is 0 Å². The van der Waals surface area contributed by atoms with E-state index in [4.69, 9.17) is 0 Å². The Morgan fingerprint density at radius 3 is 2.44 bits per heavy atom. The molecule has 0 atom stereocenters. The van der Waals surface area contributed by atoms with Gasteiger partial charge in [0.25, 0.3) is 0 Å². The van der Waals surface area contributed by atoms with Crippen LogP contribution < -0.4 is 10.4 Å². The van der Waals surface area contributed by atoms with E-state index < -0.39 is 8.80 Å². The summed E-state index contributed by atoms with van der Waals surface area (Å²) in [6.07, 6.45) is 5.04. The second kappa shape index (κ2) is 5.70. The predicted octanol–water partition coefficient (Wildman–Crippen LogP) is 4.73. The summed E-state index contributed by atoms with van der Waals surface area (Å²) in [7, 11) is -0.673. The van der Waals surface area contributed by atoms with Crippen molar-refractivity contribution in [3.8, 4) is 16.8 Å². The first-order chi connectivity index (χ1) is 13.3. The van der Waals surface area contributed by atoms with Crippen molar-refractivity contribution in [3.05, 3.63) is 78.0 Å². The Hall–Kier alpha value is -2.58. The minimum Gasteiger partial charge on any atom is -0.313 e. The third kappa shape index (κ3) is 2.11. The molecule has 1 radical (unpaired) electrons. The van der Waals surface area contributed by atoms with E-state index in [2.05, 4.69) is 77.8 Å². The molecule has 1 aliphatic heterocycles. The van der Waals surface area contributed by atoms with Crippen LogP contribution in [0.2, 0.25) is 6.55 Å². The average molecular weight is 365 g/mol. The minimum absolute atomic E-state index is 0.673. The van der Waals surface area contributed by atoms with Crippen molar-refractivity contribution in [2.24, 2.45) is 0 Å². The molecule has 0 N–H and O–H groups in total. The summed E-state index contributed by atoms with van der Waals surface area (Å²) in [5.41, 5.74) is 8.84. The third-order valence-electron chi connectivity index (χ3n) is 6.45. The van der Waals surface area contributed by atoms with Crippen LogP contribution in [0.15, 0.2) is 66.7 Å². The molecule has 27 heavy (non-hydrogen) atoms. The van der Waals surface area contributed by atoms with Crippen molar-refractivity contribution >= 4 is 30.1 Å². The molecule has 2 heterocycles. The van der Waals surface area contributed by atoms with Gasteiger partial charge in [0, 0.05) is 16.8 Å². The van der Waals surface area contributed by atoms with Crippen molar-refractivity contribution in [3.63, 3.8) is 0 Å². The maximum absolute atomic E-state index is 2.56. The Balaban J connectivity index is 1.71. The molecule has 2 aliphatic rings. The highest BCUT2D eigenvalue weighted by Gasteiger charge is 2.29. The van der Waals surface area contributed by atoms with E-state index >= 15 is 0 Å². The molecular weight excluding hydrogens is 342 g/mol. The van der Waals surface area contributed by atoms with Crippen LogP contribution in [0.5, 0.6) is 0 Å². The molecule has 3 aromatic carbocycles. The number of nitrogens with zero attached hydrogens (tertiary/aromatic N) is 1.